The number of fused-ring (bicyclic) bond motifs is 6. The molecule has 8 aromatic rings. The van der Waals surface area contributed by atoms with Crippen molar-refractivity contribution in [3.8, 4) is 22.3 Å². The summed E-state index contributed by atoms with van der Waals surface area (Å²) in [5, 5.41) is 10.3. The maximum atomic E-state index is 2.32. The maximum absolute atomic E-state index is 2.32. The van der Waals surface area contributed by atoms with Crippen LogP contribution in [-0.2, 0) is 0 Å². The second-order valence-corrected chi connectivity index (χ2v) is 11.0. The molecule has 0 saturated heterocycles. The van der Waals surface area contributed by atoms with E-state index in [1.54, 1.807) is 0 Å². The van der Waals surface area contributed by atoms with Crippen molar-refractivity contribution in [2.24, 2.45) is 0 Å². The SMILES string of the molecule is C(=Cc1ccc(-c2cc3ccccc3c3ccccc23)cc1)c1ccc(-c2cc3ccccc3c3ccccc23)cc1. The van der Waals surface area contributed by atoms with Crippen molar-refractivity contribution in [1.29, 1.82) is 0 Å². The zero-order chi connectivity index (χ0) is 27.9. The van der Waals surface area contributed by atoms with Gasteiger partial charge in [-0.15, -0.1) is 0 Å². The Bertz CT molecular complexity index is 2100. The van der Waals surface area contributed by atoms with Crippen LogP contribution in [0, 0.1) is 0 Å². The minimum absolute atomic E-state index is 1.19. The highest BCUT2D eigenvalue weighted by atomic mass is 14.1. The standard InChI is InChI=1S/C42H28/c1-3-11-35-33(9-1)27-41(39-15-7-5-13-37(35)39)31-23-19-29(20-24-31)17-18-30-21-25-32(26-22-30)42-28-34-10-2-4-12-36(34)38-14-6-8-16-40(38)42/h1-28H. The highest BCUT2D eigenvalue weighted by Crippen LogP contribution is 2.36. The second kappa shape index (κ2) is 10.2. The molecule has 8 aromatic carbocycles. The summed E-state index contributed by atoms with van der Waals surface area (Å²) in [5.74, 6) is 0. The Morgan fingerprint density at radius 1 is 0.286 bits per heavy atom. The van der Waals surface area contributed by atoms with Crippen LogP contribution in [0.25, 0.3) is 77.5 Å². The highest BCUT2D eigenvalue weighted by molar-refractivity contribution is 6.14. The lowest BCUT2D eigenvalue weighted by Crippen LogP contribution is -1.85. The van der Waals surface area contributed by atoms with Gasteiger partial charge in [-0.05, 0) is 88.6 Å². The number of hydrogen-bond acceptors (Lipinski definition) is 0. The molecule has 0 fully saturated rings. The zero-order valence-corrected chi connectivity index (χ0v) is 23.2. The van der Waals surface area contributed by atoms with Crippen LogP contribution >= 0.6 is 0 Å². The quantitative estimate of drug-likeness (QED) is 0.156. The molecular formula is C42H28. The van der Waals surface area contributed by atoms with Crippen molar-refractivity contribution in [3.63, 3.8) is 0 Å². The zero-order valence-electron chi connectivity index (χ0n) is 23.2. The van der Waals surface area contributed by atoms with E-state index < -0.39 is 0 Å². The first-order valence-electron chi connectivity index (χ1n) is 14.5. The largest absolute Gasteiger partial charge is 0.0616 e. The minimum atomic E-state index is 1.19. The van der Waals surface area contributed by atoms with E-state index >= 15 is 0 Å². The predicted molar refractivity (Wildman–Crippen MR) is 183 cm³/mol. The molecule has 196 valence electrons. The topological polar surface area (TPSA) is 0 Å². The molecule has 0 unspecified atom stereocenters. The van der Waals surface area contributed by atoms with Crippen LogP contribution in [-0.4, -0.2) is 0 Å². The van der Waals surface area contributed by atoms with Gasteiger partial charge >= 0.3 is 0 Å². The summed E-state index contributed by atoms with van der Waals surface area (Å²) < 4.78 is 0. The van der Waals surface area contributed by atoms with E-state index in [0.717, 1.165) is 0 Å². The van der Waals surface area contributed by atoms with Gasteiger partial charge in [0.1, 0.15) is 0 Å². The lowest BCUT2D eigenvalue weighted by Gasteiger charge is -2.11. The van der Waals surface area contributed by atoms with Gasteiger partial charge in [-0.2, -0.15) is 0 Å². The molecule has 0 heterocycles. The molecule has 0 nitrogen and oxygen atoms in total. The maximum Gasteiger partial charge on any atom is -0.00990 e. The number of benzene rings is 8. The molecule has 0 radical (unpaired) electrons. The average molecular weight is 533 g/mol. The van der Waals surface area contributed by atoms with Crippen molar-refractivity contribution in [1.82, 2.24) is 0 Å². The van der Waals surface area contributed by atoms with Crippen molar-refractivity contribution in [2.45, 2.75) is 0 Å². The lowest BCUT2D eigenvalue weighted by molar-refractivity contribution is 1.62. The highest BCUT2D eigenvalue weighted by Gasteiger charge is 2.09. The first kappa shape index (κ1) is 24.3. The second-order valence-electron chi connectivity index (χ2n) is 11.0. The first-order chi connectivity index (χ1) is 20.8. The van der Waals surface area contributed by atoms with Gasteiger partial charge < -0.3 is 0 Å². The Morgan fingerprint density at radius 3 is 1.02 bits per heavy atom. The van der Waals surface area contributed by atoms with Gasteiger partial charge in [0.05, 0.1) is 0 Å². The van der Waals surface area contributed by atoms with Crippen LogP contribution in [0.5, 0.6) is 0 Å². The molecule has 0 saturated carbocycles. The van der Waals surface area contributed by atoms with Crippen LogP contribution in [0.3, 0.4) is 0 Å². The molecule has 0 bridgehead atoms. The first-order valence-corrected chi connectivity index (χ1v) is 14.5. The van der Waals surface area contributed by atoms with Crippen molar-refractivity contribution in [3.05, 3.63) is 169 Å². The molecule has 0 aromatic heterocycles. The van der Waals surface area contributed by atoms with Crippen molar-refractivity contribution >= 4 is 55.2 Å². The molecule has 42 heavy (non-hydrogen) atoms. The van der Waals surface area contributed by atoms with Gasteiger partial charge in [0.2, 0.25) is 0 Å². The summed E-state index contributed by atoms with van der Waals surface area (Å²) in [6, 6.07) is 57.2. The molecule has 0 amide bonds. The van der Waals surface area contributed by atoms with Crippen LogP contribution in [0.15, 0.2) is 158 Å². The predicted octanol–water partition coefficient (Wildman–Crippen LogP) is 11.8. The molecule has 0 aliphatic heterocycles. The fourth-order valence-corrected chi connectivity index (χ4v) is 6.33. The molecule has 0 aliphatic rings. The van der Waals surface area contributed by atoms with E-state index in [0.29, 0.717) is 0 Å². The van der Waals surface area contributed by atoms with E-state index in [-0.39, 0.29) is 0 Å². The van der Waals surface area contributed by atoms with Crippen LogP contribution in [0.2, 0.25) is 0 Å². The Hall–Kier alpha value is -5.46. The smallest absolute Gasteiger partial charge is 0.00990 e. The molecule has 0 N–H and O–H groups in total. The molecular weight excluding hydrogens is 504 g/mol. The normalized spacial score (nSPS) is 11.7. The summed E-state index contributed by atoms with van der Waals surface area (Å²) in [4.78, 5) is 0. The van der Waals surface area contributed by atoms with Gasteiger partial charge in [-0.25, -0.2) is 0 Å². The summed E-state index contributed by atoms with van der Waals surface area (Å²) in [6.45, 7) is 0. The Morgan fingerprint density at radius 2 is 0.619 bits per heavy atom. The third-order valence-electron chi connectivity index (χ3n) is 8.45. The summed E-state index contributed by atoms with van der Waals surface area (Å²) in [5.41, 5.74) is 7.40. The summed E-state index contributed by atoms with van der Waals surface area (Å²) in [6.07, 6.45) is 4.39. The Kier molecular flexibility index (Phi) is 5.90. The van der Waals surface area contributed by atoms with E-state index in [1.807, 2.05) is 0 Å². The fourth-order valence-electron chi connectivity index (χ4n) is 6.33. The van der Waals surface area contributed by atoms with Gasteiger partial charge in [-0.1, -0.05) is 158 Å². The van der Waals surface area contributed by atoms with Gasteiger partial charge in [0.25, 0.3) is 0 Å². The Balaban J connectivity index is 1.09. The minimum Gasteiger partial charge on any atom is -0.0616 e. The average Bonchev–Trinajstić information content (AvgIpc) is 3.07. The van der Waals surface area contributed by atoms with Gasteiger partial charge in [0.15, 0.2) is 0 Å². The van der Waals surface area contributed by atoms with Crippen LogP contribution in [0.4, 0.5) is 0 Å². The monoisotopic (exact) mass is 532 g/mol. The van der Waals surface area contributed by atoms with Crippen LogP contribution in [0.1, 0.15) is 11.1 Å². The lowest BCUT2D eigenvalue weighted by atomic mass is 9.92. The molecule has 0 heteroatoms. The van der Waals surface area contributed by atoms with Crippen molar-refractivity contribution < 1.29 is 0 Å². The Labute approximate surface area is 245 Å². The molecule has 0 aliphatic carbocycles. The third kappa shape index (κ3) is 4.26. The number of rotatable bonds is 4. The fraction of sp³-hybridized carbons (Fsp3) is 0. The summed E-state index contributed by atoms with van der Waals surface area (Å²) >= 11 is 0. The van der Waals surface area contributed by atoms with Crippen LogP contribution < -0.4 is 0 Å². The molecule has 0 atom stereocenters. The molecule has 0 spiro atoms. The van der Waals surface area contributed by atoms with Crippen molar-refractivity contribution in [2.75, 3.05) is 0 Å². The number of hydrogen-bond donors (Lipinski definition) is 0. The third-order valence-corrected chi connectivity index (χ3v) is 8.45. The van der Waals surface area contributed by atoms with E-state index in [9.17, 15) is 0 Å². The van der Waals surface area contributed by atoms with E-state index in [4.69, 9.17) is 0 Å². The summed E-state index contributed by atoms with van der Waals surface area (Å²) in [7, 11) is 0. The van der Waals surface area contributed by atoms with Gasteiger partial charge in [-0.3, -0.25) is 0 Å². The van der Waals surface area contributed by atoms with E-state index in [1.165, 1.54) is 76.5 Å². The molecule has 8 rings (SSSR count). The van der Waals surface area contributed by atoms with E-state index in [2.05, 4.69) is 170 Å². The van der Waals surface area contributed by atoms with Gasteiger partial charge in [0, 0.05) is 0 Å².